The first-order chi connectivity index (χ1) is 9.88. The second-order valence-corrected chi connectivity index (χ2v) is 6.95. The van der Waals surface area contributed by atoms with E-state index in [1.54, 1.807) is 0 Å². The van der Waals surface area contributed by atoms with Gasteiger partial charge in [-0.3, -0.25) is 4.79 Å². The second-order valence-electron chi connectivity index (χ2n) is 6.95. The number of anilines is 1. The Morgan fingerprint density at radius 3 is 2.19 bits per heavy atom. The highest BCUT2D eigenvalue weighted by Crippen LogP contribution is 2.49. The van der Waals surface area contributed by atoms with Crippen LogP contribution in [-0.2, 0) is 4.79 Å². The van der Waals surface area contributed by atoms with Gasteiger partial charge >= 0.3 is 0 Å². The van der Waals surface area contributed by atoms with Crippen molar-refractivity contribution in [2.45, 2.75) is 45.1 Å². The van der Waals surface area contributed by atoms with E-state index in [1.165, 1.54) is 25.0 Å². The standard InChI is InChI=1S/C17H23FN2O/c1-12-10-14(18)11-13(2)15(12)19-16(21)17(6-7-17)20(3)8-4-5-9-20/h10-11H,4-9H2,1-3H3/p+1. The van der Waals surface area contributed by atoms with Crippen LogP contribution in [0.15, 0.2) is 12.1 Å². The van der Waals surface area contributed by atoms with E-state index in [2.05, 4.69) is 12.4 Å². The molecule has 1 amide bonds. The first-order valence-electron chi connectivity index (χ1n) is 7.81. The summed E-state index contributed by atoms with van der Waals surface area (Å²) in [7, 11) is 2.21. The normalized spacial score (nSPS) is 22.1. The molecule has 0 unspecified atom stereocenters. The van der Waals surface area contributed by atoms with Crippen LogP contribution in [0.3, 0.4) is 0 Å². The molecule has 2 aliphatic rings. The number of nitrogens with zero attached hydrogens (tertiary/aromatic N) is 1. The Balaban J connectivity index is 1.84. The first kappa shape index (κ1) is 14.5. The predicted molar refractivity (Wildman–Crippen MR) is 81.6 cm³/mol. The minimum Gasteiger partial charge on any atom is -0.320 e. The largest absolute Gasteiger partial charge is 0.320 e. The molecule has 0 bridgehead atoms. The maximum atomic E-state index is 13.4. The molecule has 0 radical (unpaired) electrons. The van der Waals surface area contributed by atoms with Crippen molar-refractivity contribution in [2.24, 2.45) is 0 Å². The highest BCUT2D eigenvalue weighted by molar-refractivity contribution is 6.00. The quantitative estimate of drug-likeness (QED) is 0.852. The van der Waals surface area contributed by atoms with Crippen LogP contribution in [0.5, 0.6) is 0 Å². The zero-order valence-electron chi connectivity index (χ0n) is 13.1. The molecule has 1 aromatic rings. The fourth-order valence-electron chi connectivity index (χ4n) is 3.93. The molecule has 1 saturated carbocycles. The lowest BCUT2D eigenvalue weighted by Gasteiger charge is -2.37. The van der Waals surface area contributed by atoms with Gasteiger partial charge in [-0.1, -0.05) is 0 Å². The van der Waals surface area contributed by atoms with Crippen LogP contribution in [0.1, 0.15) is 36.8 Å². The summed E-state index contributed by atoms with van der Waals surface area (Å²) in [6, 6.07) is 2.96. The number of hydrogen-bond donors (Lipinski definition) is 1. The Morgan fingerprint density at radius 1 is 1.19 bits per heavy atom. The summed E-state index contributed by atoms with van der Waals surface area (Å²) >= 11 is 0. The average Bonchev–Trinajstić information content (AvgIpc) is 3.12. The molecule has 0 spiro atoms. The lowest BCUT2D eigenvalue weighted by Crippen LogP contribution is -2.57. The van der Waals surface area contributed by atoms with Gasteiger partial charge in [0, 0.05) is 31.4 Å². The number of benzene rings is 1. The Bertz CT molecular complexity index is 563. The molecule has 114 valence electrons. The van der Waals surface area contributed by atoms with Crippen molar-refractivity contribution < 1.29 is 13.7 Å². The third kappa shape index (κ3) is 2.26. The molecule has 2 fully saturated rings. The molecule has 1 aromatic carbocycles. The molecule has 21 heavy (non-hydrogen) atoms. The molecule has 3 nitrogen and oxygen atoms in total. The number of carbonyl (C=O) groups is 1. The number of carbonyl (C=O) groups excluding carboxylic acids is 1. The van der Waals surface area contributed by atoms with Gasteiger partial charge in [-0.15, -0.1) is 0 Å². The minimum absolute atomic E-state index is 0.115. The third-order valence-electron chi connectivity index (χ3n) is 5.47. The minimum atomic E-state index is -0.248. The van der Waals surface area contributed by atoms with Crippen LogP contribution in [0.4, 0.5) is 10.1 Å². The van der Waals surface area contributed by atoms with E-state index in [1.807, 2.05) is 13.8 Å². The molecular weight excluding hydrogens is 267 g/mol. The Kier molecular flexibility index (Phi) is 3.32. The van der Waals surface area contributed by atoms with E-state index in [0.717, 1.165) is 47.2 Å². The highest BCUT2D eigenvalue weighted by Gasteiger charge is 2.64. The fraction of sp³-hybridized carbons (Fsp3) is 0.588. The van der Waals surface area contributed by atoms with E-state index in [0.29, 0.717) is 0 Å². The van der Waals surface area contributed by atoms with Crippen LogP contribution in [0.2, 0.25) is 0 Å². The summed E-state index contributed by atoms with van der Waals surface area (Å²) in [5, 5.41) is 3.09. The number of halogens is 1. The molecule has 4 heteroatoms. The van der Waals surface area contributed by atoms with E-state index < -0.39 is 0 Å². The lowest BCUT2D eigenvalue weighted by molar-refractivity contribution is -0.923. The van der Waals surface area contributed by atoms with E-state index >= 15 is 0 Å². The van der Waals surface area contributed by atoms with Gasteiger partial charge in [0.2, 0.25) is 0 Å². The van der Waals surface area contributed by atoms with Crippen LogP contribution in [0, 0.1) is 19.7 Å². The van der Waals surface area contributed by atoms with Gasteiger partial charge in [0.1, 0.15) is 5.82 Å². The Labute approximate surface area is 125 Å². The lowest BCUT2D eigenvalue weighted by atomic mass is 10.1. The molecule has 3 rings (SSSR count). The van der Waals surface area contributed by atoms with E-state index in [-0.39, 0.29) is 17.3 Å². The SMILES string of the molecule is Cc1cc(F)cc(C)c1NC(=O)C1([N+]2(C)CCCC2)CC1. The molecule has 1 aliphatic carbocycles. The van der Waals surface area contributed by atoms with Gasteiger partial charge in [-0.05, 0) is 37.1 Å². The number of aryl methyl sites for hydroxylation is 2. The summed E-state index contributed by atoms with van der Waals surface area (Å²) in [5.41, 5.74) is 2.11. The smallest absolute Gasteiger partial charge is 0.285 e. The second kappa shape index (κ2) is 4.80. The van der Waals surface area contributed by atoms with Crippen molar-refractivity contribution >= 4 is 11.6 Å². The van der Waals surface area contributed by atoms with E-state index in [4.69, 9.17) is 0 Å². The molecule has 1 N–H and O–H groups in total. The molecular formula is C17H24FN2O+. The topological polar surface area (TPSA) is 29.1 Å². The van der Waals surface area contributed by atoms with Gasteiger partial charge < -0.3 is 9.80 Å². The molecule has 1 aliphatic heterocycles. The number of likely N-dealkylation sites (tertiary alicyclic amines) is 1. The molecule has 0 atom stereocenters. The maximum absolute atomic E-state index is 13.4. The Morgan fingerprint density at radius 2 is 1.71 bits per heavy atom. The van der Waals surface area contributed by atoms with Gasteiger partial charge in [0.25, 0.3) is 5.91 Å². The third-order valence-corrected chi connectivity index (χ3v) is 5.47. The summed E-state index contributed by atoms with van der Waals surface area (Å²) in [4.78, 5) is 12.9. The first-order valence-corrected chi connectivity index (χ1v) is 7.81. The number of hydrogen-bond acceptors (Lipinski definition) is 1. The summed E-state index contributed by atoms with van der Waals surface area (Å²) in [6.45, 7) is 5.87. The number of rotatable bonds is 3. The highest BCUT2D eigenvalue weighted by atomic mass is 19.1. The van der Waals surface area contributed by atoms with Crippen molar-refractivity contribution in [3.05, 3.63) is 29.1 Å². The summed E-state index contributed by atoms with van der Waals surface area (Å²) in [6.07, 6.45) is 4.35. The van der Waals surface area contributed by atoms with Crippen LogP contribution < -0.4 is 5.32 Å². The summed E-state index contributed by atoms with van der Waals surface area (Å²) < 4.78 is 14.3. The number of quaternary nitrogens is 1. The van der Waals surface area contributed by atoms with Crippen molar-refractivity contribution in [2.75, 3.05) is 25.5 Å². The monoisotopic (exact) mass is 291 g/mol. The predicted octanol–water partition coefficient (Wildman–Crippen LogP) is 3.15. The van der Waals surface area contributed by atoms with Crippen molar-refractivity contribution in [1.29, 1.82) is 0 Å². The van der Waals surface area contributed by atoms with Crippen molar-refractivity contribution in [1.82, 2.24) is 0 Å². The van der Waals surface area contributed by atoms with Crippen LogP contribution in [0.25, 0.3) is 0 Å². The molecule has 1 heterocycles. The zero-order valence-corrected chi connectivity index (χ0v) is 13.1. The number of nitrogens with one attached hydrogen (secondary N) is 1. The Hall–Kier alpha value is -1.42. The van der Waals surface area contributed by atoms with Crippen molar-refractivity contribution in [3.8, 4) is 0 Å². The number of amides is 1. The van der Waals surface area contributed by atoms with Gasteiger partial charge in [-0.2, -0.15) is 0 Å². The molecule has 0 aromatic heterocycles. The van der Waals surface area contributed by atoms with Gasteiger partial charge in [-0.25, -0.2) is 4.39 Å². The van der Waals surface area contributed by atoms with Gasteiger partial charge in [0.05, 0.1) is 20.1 Å². The van der Waals surface area contributed by atoms with E-state index in [9.17, 15) is 9.18 Å². The number of likely N-dealkylation sites (N-methyl/N-ethyl adjacent to an activating group) is 1. The van der Waals surface area contributed by atoms with Gasteiger partial charge in [0.15, 0.2) is 5.54 Å². The summed E-state index contributed by atoms with van der Waals surface area (Å²) in [5.74, 6) is -0.132. The zero-order chi connectivity index (χ0) is 15.3. The van der Waals surface area contributed by atoms with Crippen molar-refractivity contribution in [3.63, 3.8) is 0 Å². The average molecular weight is 291 g/mol. The fourth-order valence-corrected chi connectivity index (χ4v) is 3.93. The van der Waals surface area contributed by atoms with Crippen LogP contribution >= 0.6 is 0 Å². The molecule has 1 saturated heterocycles. The maximum Gasteiger partial charge on any atom is 0.285 e. The van der Waals surface area contributed by atoms with Crippen LogP contribution in [-0.4, -0.2) is 36.1 Å².